The van der Waals surface area contributed by atoms with E-state index in [1.54, 1.807) is 0 Å². The molecule has 2 fully saturated rings. The molecule has 0 saturated heterocycles. The predicted octanol–water partition coefficient (Wildman–Crippen LogP) is 3.30. The van der Waals surface area contributed by atoms with Gasteiger partial charge in [-0.3, -0.25) is 0 Å². The zero-order valence-electron chi connectivity index (χ0n) is 10.6. The molecule has 3 unspecified atom stereocenters. The summed E-state index contributed by atoms with van der Waals surface area (Å²) in [5, 5.41) is 10.6. The zero-order valence-corrected chi connectivity index (χ0v) is 12.2. The molecule has 0 aromatic heterocycles. The van der Waals surface area contributed by atoms with Crippen LogP contribution in [0.3, 0.4) is 0 Å². The third kappa shape index (κ3) is 2.05. The Labute approximate surface area is 121 Å². The summed E-state index contributed by atoms with van der Waals surface area (Å²) in [5.74, 6) is 3.70. The number of benzene rings is 1. The van der Waals surface area contributed by atoms with Crippen molar-refractivity contribution in [2.45, 2.75) is 25.4 Å². The molecule has 0 radical (unpaired) electrons. The Kier molecular flexibility index (Phi) is 2.78. The summed E-state index contributed by atoms with van der Waals surface area (Å²) < 4.78 is 12.1. The summed E-state index contributed by atoms with van der Waals surface area (Å²) >= 11 is 3.55. The standard InChI is InChI=1S/C15H17BrO3/c16-12-7-14-13(18-1-2-19-14)6-11(12)15(17)10-4-8-3-9(8)5-10/h6-10,15,17H,1-5H2. The van der Waals surface area contributed by atoms with Gasteiger partial charge in [0.15, 0.2) is 11.5 Å². The van der Waals surface area contributed by atoms with E-state index in [0.717, 1.165) is 33.4 Å². The quantitative estimate of drug-likeness (QED) is 0.907. The molecule has 19 heavy (non-hydrogen) atoms. The first-order valence-corrected chi connectivity index (χ1v) is 7.79. The SMILES string of the molecule is OC(c1cc2c(cc1Br)OCCO2)C1CC2CC2C1. The van der Waals surface area contributed by atoms with E-state index in [4.69, 9.17) is 9.47 Å². The summed E-state index contributed by atoms with van der Waals surface area (Å²) in [7, 11) is 0. The van der Waals surface area contributed by atoms with Crippen molar-refractivity contribution in [3.05, 3.63) is 22.2 Å². The lowest BCUT2D eigenvalue weighted by molar-refractivity contribution is 0.102. The third-order valence-electron chi connectivity index (χ3n) is 4.71. The molecule has 0 spiro atoms. The number of halogens is 1. The Balaban J connectivity index is 1.62. The number of hydrogen-bond acceptors (Lipinski definition) is 3. The third-order valence-corrected chi connectivity index (χ3v) is 5.39. The van der Waals surface area contributed by atoms with E-state index in [2.05, 4.69) is 15.9 Å². The maximum absolute atomic E-state index is 10.6. The Morgan fingerprint density at radius 1 is 1.05 bits per heavy atom. The van der Waals surface area contributed by atoms with Crippen LogP contribution in [-0.2, 0) is 0 Å². The van der Waals surface area contributed by atoms with Crippen molar-refractivity contribution in [2.24, 2.45) is 17.8 Å². The van der Waals surface area contributed by atoms with Crippen molar-refractivity contribution in [1.82, 2.24) is 0 Å². The van der Waals surface area contributed by atoms with Gasteiger partial charge in [-0.25, -0.2) is 0 Å². The number of aliphatic hydroxyl groups excluding tert-OH is 1. The molecule has 3 atom stereocenters. The average molecular weight is 325 g/mol. The highest BCUT2D eigenvalue weighted by Gasteiger charge is 2.48. The Bertz CT molecular complexity index is 506. The van der Waals surface area contributed by atoms with E-state index < -0.39 is 6.10 Å². The normalized spacial score (nSPS) is 32.8. The zero-order chi connectivity index (χ0) is 13.0. The van der Waals surface area contributed by atoms with Crippen molar-refractivity contribution in [1.29, 1.82) is 0 Å². The van der Waals surface area contributed by atoms with Crippen LogP contribution in [0.4, 0.5) is 0 Å². The molecule has 1 aromatic rings. The van der Waals surface area contributed by atoms with Crippen LogP contribution in [-0.4, -0.2) is 18.3 Å². The van der Waals surface area contributed by atoms with Crippen LogP contribution in [0.2, 0.25) is 0 Å². The number of aliphatic hydroxyl groups is 1. The van der Waals surface area contributed by atoms with E-state index in [0.29, 0.717) is 19.1 Å². The fraction of sp³-hybridized carbons (Fsp3) is 0.600. The molecule has 4 rings (SSSR count). The van der Waals surface area contributed by atoms with E-state index in [1.807, 2.05) is 12.1 Å². The van der Waals surface area contributed by atoms with Crippen LogP contribution in [0.25, 0.3) is 0 Å². The molecule has 1 aromatic carbocycles. The van der Waals surface area contributed by atoms with Gasteiger partial charge in [0.1, 0.15) is 13.2 Å². The largest absolute Gasteiger partial charge is 0.486 e. The Morgan fingerprint density at radius 2 is 1.68 bits per heavy atom. The monoisotopic (exact) mass is 324 g/mol. The highest BCUT2D eigenvalue weighted by molar-refractivity contribution is 9.10. The molecule has 1 aliphatic heterocycles. The van der Waals surface area contributed by atoms with Gasteiger partial charge in [0.2, 0.25) is 0 Å². The van der Waals surface area contributed by atoms with Gasteiger partial charge in [0.25, 0.3) is 0 Å². The van der Waals surface area contributed by atoms with Crippen molar-refractivity contribution < 1.29 is 14.6 Å². The Morgan fingerprint density at radius 3 is 2.37 bits per heavy atom. The molecule has 0 bridgehead atoms. The second-order valence-electron chi connectivity index (χ2n) is 5.95. The first kappa shape index (κ1) is 12.0. The van der Waals surface area contributed by atoms with Crippen molar-refractivity contribution in [3.63, 3.8) is 0 Å². The van der Waals surface area contributed by atoms with Crippen LogP contribution < -0.4 is 9.47 Å². The molecule has 1 N–H and O–H groups in total. The van der Waals surface area contributed by atoms with E-state index in [-0.39, 0.29) is 0 Å². The summed E-state index contributed by atoms with van der Waals surface area (Å²) in [4.78, 5) is 0. The van der Waals surface area contributed by atoms with Gasteiger partial charge in [-0.1, -0.05) is 15.9 Å². The molecule has 102 valence electrons. The highest BCUT2D eigenvalue weighted by atomic mass is 79.9. The minimum absolute atomic E-state index is 0.391. The average Bonchev–Trinajstić information content (AvgIpc) is 3.03. The van der Waals surface area contributed by atoms with Gasteiger partial charge >= 0.3 is 0 Å². The van der Waals surface area contributed by atoms with Gasteiger partial charge in [0.05, 0.1) is 6.10 Å². The summed E-state index contributed by atoms with van der Waals surface area (Å²) in [6.07, 6.45) is 3.34. The fourth-order valence-electron chi connectivity index (χ4n) is 3.58. The van der Waals surface area contributed by atoms with Crippen LogP contribution >= 0.6 is 15.9 Å². The number of fused-ring (bicyclic) bond motifs is 2. The first-order chi connectivity index (χ1) is 9.22. The molecule has 0 amide bonds. The molecule has 2 saturated carbocycles. The molecular formula is C15H17BrO3. The summed E-state index contributed by atoms with van der Waals surface area (Å²) in [6, 6.07) is 3.86. The summed E-state index contributed by atoms with van der Waals surface area (Å²) in [5.41, 5.74) is 0.940. The van der Waals surface area contributed by atoms with Crippen molar-refractivity contribution in [2.75, 3.05) is 13.2 Å². The number of ether oxygens (including phenoxy) is 2. The lowest BCUT2D eigenvalue weighted by atomic mass is 9.91. The highest BCUT2D eigenvalue weighted by Crippen LogP contribution is 2.57. The second-order valence-corrected chi connectivity index (χ2v) is 6.80. The second kappa shape index (κ2) is 4.38. The van der Waals surface area contributed by atoms with Gasteiger partial charge in [-0.15, -0.1) is 0 Å². The van der Waals surface area contributed by atoms with Gasteiger partial charge in [-0.2, -0.15) is 0 Å². The summed E-state index contributed by atoms with van der Waals surface area (Å²) in [6.45, 7) is 1.17. The Hall–Kier alpha value is -0.740. The minimum atomic E-state index is -0.391. The van der Waals surface area contributed by atoms with Crippen LogP contribution in [0, 0.1) is 17.8 Å². The number of rotatable bonds is 2. The molecule has 3 nitrogen and oxygen atoms in total. The molecule has 3 aliphatic rings. The van der Waals surface area contributed by atoms with E-state index in [1.165, 1.54) is 19.3 Å². The van der Waals surface area contributed by atoms with Crippen LogP contribution in [0.1, 0.15) is 30.9 Å². The van der Waals surface area contributed by atoms with Gasteiger partial charge in [0, 0.05) is 4.47 Å². The number of hydrogen-bond donors (Lipinski definition) is 1. The van der Waals surface area contributed by atoms with Crippen molar-refractivity contribution in [3.8, 4) is 11.5 Å². The van der Waals surface area contributed by atoms with Crippen LogP contribution in [0.15, 0.2) is 16.6 Å². The molecule has 1 heterocycles. The first-order valence-electron chi connectivity index (χ1n) is 6.99. The minimum Gasteiger partial charge on any atom is -0.486 e. The van der Waals surface area contributed by atoms with Gasteiger partial charge in [-0.05, 0) is 54.7 Å². The topological polar surface area (TPSA) is 38.7 Å². The van der Waals surface area contributed by atoms with E-state index >= 15 is 0 Å². The maximum Gasteiger partial charge on any atom is 0.162 e. The lowest BCUT2D eigenvalue weighted by Gasteiger charge is -2.24. The molecule has 4 heteroatoms. The maximum atomic E-state index is 10.6. The fourth-order valence-corrected chi connectivity index (χ4v) is 4.14. The lowest BCUT2D eigenvalue weighted by Crippen LogP contribution is -2.17. The molecule has 2 aliphatic carbocycles. The predicted molar refractivity (Wildman–Crippen MR) is 74.4 cm³/mol. The van der Waals surface area contributed by atoms with Crippen LogP contribution in [0.5, 0.6) is 11.5 Å². The van der Waals surface area contributed by atoms with Gasteiger partial charge < -0.3 is 14.6 Å². The van der Waals surface area contributed by atoms with Crippen molar-refractivity contribution >= 4 is 15.9 Å². The van der Waals surface area contributed by atoms with E-state index in [9.17, 15) is 5.11 Å². The smallest absolute Gasteiger partial charge is 0.162 e. The molecular weight excluding hydrogens is 308 g/mol.